The van der Waals surface area contributed by atoms with E-state index in [4.69, 9.17) is 5.73 Å². The number of nitrogens with zero attached hydrogens (tertiary/aromatic N) is 5. The SMILES string of the molecule is Cc1ccc2nnc(-c3cn[nH]c3N)n2n1. The van der Waals surface area contributed by atoms with Gasteiger partial charge in [-0.25, -0.2) is 0 Å². The molecule has 0 aromatic carbocycles. The standard InChI is InChI=1S/C9H9N7/c1-5-2-3-7-12-14-9(16(7)15-5)6-4-11-13-8(6)10/h2-4H,1H3,(H3,10,11,13). The summed E-state index contributed by atoms with van der Waals surface area (Å²) < 4.78 is 1.65. The van der Waals surface area contributed by atoms with Gasteiger partial charge in [-0.3, -0.25) is 5.10 Å². The van der Waals surface area contributed by atoms with Crippen molar-refractivity contribution in [1.82, 2.24) is 30.0 Å². The van der Waals surface area contributed by atoms with E-state index in [1.54, 1.807) is 10.7 Å². The average Bonchev–Trinajstić information content (AvgIpc) is 2.83. The van der Waals surface area contributed by atoms with Gasteiger partial charge in [-0.1, -0.05) is 0 Å². The lowest BCUT2D eigenvalue weighted by atomic mass is 10.3. The summed E-state index contributed by atoms with van der Waals surface area (Å²) in [6.07, 6.45) is 1.61. The predicted octanol–water partition coefficient (Wildman–Crippen LogP) is 0.405. The van der Waals surface area contributed by atoms with E-state index in [0.29, 0.717) is 22.9 Å². The minimum atomic E-state index is 0.456. The van der Waals surface area contributed by atoms with E-state index in [1.807, 2.05) is 19.1 Å². The Labute approximate surface area is 90.3 Å². The van der Waals surface area contributed by atoms with Gasteiger partial charge in [0.25, 0.3) is 0 Å². The van der Waals surface area contributed by atoms with Gasteiger partial charge in [-0.2, -0.15) is 14.7 Å². The first-order chi connectivity index (χ1) is 7.75. The van der Waals surface area contributed by atoms with Gasteiger partial charge in [0.2, 0.25) is 0 Å². The summed E-state index contributed by atoms with van der Waals surface area (Å²) in [6.45, 7) is 1.90. The third kappa shape index (κ3) is 1.14. The van der Waals surface area contributed by atoms with Crippen LogP contribution in [-0.4, -0.2) is 30.0 Å². The normalized spacial score (nSPS) is 11.1. The lowest BCUT2D eigenvalue weighted by molar-refractivity contribution is 0.902. The maximum absolute atomic E-state index is 5.73. The number of anilines is 1. The number of aromatic amines is 1. The summed E-state index contributed by atoms with van der Waals surface area (Å²) in [6, 6.07) is 3.74. The smallest absolute Gasteiger partial charge is 0.190 e. The van der Waals surface area contributed by atoms with E-state index in [2.05, 4.69) is 25.5 Å². The minimum Gasteiger partial charge on any atom is -0.383 e. The number of hydrogen-bond acceptors (Lipinski definition) is 5. The predicted molar refractivity (Wildman–Crippen MR) is 57.5 cm³/mol. The Bertz CT molecular complexity index is 651. The molecule has 3 aromatic rings. The van der Waals surface area contributed by atoms with Crippen molar-refractivity contribution < 1.29 is 0 Å². The molecule has 0 saturated heterocycles. The third-order valence-electron chi connectivity index (χ3n) is 2.31. The molecule has 3 aromatic heterocycles. The Morgan fingerprint density at radius 1 is 1.31 bits per heavy atom. The Morgan fingerprint density at radius 2 is 2.19 bits per heavy atom. The van der Waals surface area contributed by atoms with Crippen LogP contribution in [0.15, 0.2) is 18.3 Å². The number of nitrogens with two attached hydrogens (primary N) is 1. The number of hydrogen-bond donors (Lipinski definition) is 2. The van der Waals surface area contributed by atoms with Gasteiger partial charge in [0.1, 0.15) is 5.82 Å². The molecular weight excluding hydrogens is 206 g/mol. The summed E-state index contributed by atoms with van der Waals surface area (Å²) in [4.78, 5) is 0. The molecule has 0 aliphatic rings. The average molecular weight is 215 g/mol. The van der Waals surface area contributed by atoms with Crippen molar-refractivity contribution in [2.24, 2.45) is 0 Å². The molecular formula is C9H9N7. The molecule has 3 N–H and O–H groups in total. The van der Waals surface area contributed by atoms with E-state index >= 15 is 0 Å². The second kappa shape index (κ2) is 3.02. The van der Waals surface area contributed by atoms with Gasteiger partial charge in [-0.15, -0.1) is 10.2 Å². The van der Waals surface area contributed by atoms with Crippen LogP contribution in [0.25, 0.3) is 17.0 Å². The molecule has 3 rings (SSSR count). The monoisotopic (exact) mass is 215 g/mol. The molecule has 80 valence electrons. The van der Waals surface area contributed by atoms with E-state index in [1.165, 1.54) is 0 Å². The van der Waals surface area contributed by atoms with Crippen LogP contribution in [0, 0.1) is 6.92 Å². The lowest BCUT2D eigenvalue weighted by Crippen LogP contribution is -1.97. The number of aromatic nitrogens is 6. The fourth-order valence-corrected chi connectivity index (χ4v) is 1.52. The molecule has 0 atom stereocenters. The quantitative estimate of drug-likeness (QED) is 0.612. The highest BCUT2D eigenvalue weighted by Crippen LogP contribution is 2.21. The molecule has 7 heteroatoms. The van der Waals surface area contributed by atoms with Gasteiger partial charge in [0, 0.05) is 0 Å². The van der Waals surface area contributed by atoms with Crippen molar-refractivity contribution in [2.45, 2.75) is 6.92 Å². The molecule has 0 radical (unpaired) electrons. The van der Waals surface area contributed by atoms with Crippen molar-refractivity contribution >= 4 is 11.5 Å². The number of fused-ring (bicyclic) bond motifs is 1. The van der Waals surface area contributed by atoms with Crippen LogP contribution in [0.3, 0.4) is 0 Å². The van der Waals surface area contributed by atoms with Gasteiger partial charge >= 0.3 is 0 Å². The third-order valence-corrected chi connectivity index (χ3v) is 2.31. The van der Waals surface area contributed by atoms with Crippen LogP contribution in [0.1, 0.15) is 5.69 Å². The van der Waals surface area contributed by atoms with Gasteiger partial charge in [0.05, 0.1) is 17.5 Å². The van der Waals surface area contributed by atoms with Crippen LogP contribution < -0.4 is 5.73 Å². The number of rotatable bonds is 1. The van der Waals surface area contributed by atoms with Gasteiger partial charge in [0.15, 0.2) is 11.5 Å². The maximum Gasteiger partial charge on any atom is 0.190 e. The van der Waals surface area contributed by atoms with Crippen LogP contribution in [0.5, 0.6) is 0 Å². The van der Waals surface area contributed by atoms with E-state index in [9.17, 15) is 0 Å². The summed E-state index contributed by atoms with van der Waals surface area (Å²) in [7, 11) is 0. The fourth-order valence-electron chi connectivity index (χ4n) is 1.52. The topological polar surface area (TPSA) is 97.8 Å². The highest BCUT2D eigenvalue weighted by atomic mass is 15.4. The molecule has 0 amide bonds. The highest BCUT2D eigenvalue weighted by molar-refractivity contribution is 5.68. The number of nitrogens with one attached hydrogen (secondary N) is 1. The van der Waals surface area contributed by atoms with Crippen molar-refractivity contribution in [2.75, 3.05) is 5.73 Å². The molecule has 0 unspecified atom stereocenters. The molecule has 16 heavy (non-hydrogen) atoms. The van der Waals surface area contributed by atoms with Crippen LogP contribution in [0.2, 0.25) is 0 Å². The van der Waals surface area contributed by atoms with Gasteiger partial charge < -0.3 is 5.73 Å². The Morgan fingerprint density at radius 3 is 2.94 bits per heavy atom. The molecule has 0 spiro atoms. The molecule has 0 fully saturated rings. The maximum atomic E-state index is 5.73. The van der Waals surface area contributed by atoms with Crippen molar-refractivity contribution in [3.8, 4) is 11.4 Å². The van der Waals surface area contributed by atoms with E-state index < -0.39 is 0 Å². The summed E-state index contributed by atoms with van der Waals surface area (Å²) in [5.41, 5.74) is 8.00. The summed E-state index contributed by atoms with van der Waals surface area (Å²) in [5.74, 6) is 1.04. The number of aryl methyl sites for hydroxylation is 1. The highest BCUT2D eigenvalue weighted by Gasteiger charge is 2.13. The van der Waals surface area contributed by atoms with E-state index in [0.717, 1.165) is 5.69 Å². The van der Waals surface area contributed by atoms with Crippen molar-refractivity contribution in [3.05, 3.63) is 24.0 Å². The Kier molecular flexibility index (Phi) is 1.67. The first-order valence-electron chi connectivity index (χ1n) is 4.74. The molecule has 0 bridgehead atoms. The van der Waals surface area contributed by atoms with Crippen LogP contribution in [0.4, 0.5) is 5.82 Å². The lowest BCUT2D eigenvalue weighted by Gasteiger charge is -1.97. The van der Waals surface area contributed by atoms with Crippen LogP contribution in [-0.2, 0) is 0 Å². The second-order valence-corrected chi connectivity index (χ2v) is 3.47. The number of H-pyrrole nitrogens is 1. The van der Waals surface area contributed by atoms with Crippen molar-refractivity contribution in [1.29, 1.82) is 0 Å². The van der Waals surface area contributed by atoms with E-state index in [-0.39, 0.29) is 0 Å². The number of nitrogen functional groups attached to an aromatic ring is 1. The molecule has 3 heterocycles. The zero-order valence-electron chi connectivity index (χ0n) is 8.55. The zero-order valence-corrected chi connectivity index (χ0v) is 8.55. The zero-order chi connectivity index (χ0) is 11.1. The summed E-state index contributed by atoms with van der Waals surface area (Å²) >= 11 is 0. The minimum absolute atomic E-state index is 0.456. The Balaban J connectivity index is 2.32. The molecule has 0 saturated carbocycles. The fraction of sp³-hybridized carbons (Fsp3) is 0.111. The first kappa shape index (κ1) is 8.84. The van der Waals surface area contributed by atoms with Gasteiger partial charge in [-0.05, 0) is 19.1 Å². The van der Waals surface area contributed by atoms with Crippen molar-refractivity contribution in [3.63, 3.8) is 0 Å². The summed E-state index contributed by atoms with van der Waals surface area (Å²) in [5, 5.41) is 18.9. The molecule has 0 aliphatic carbocycles. The molecule has 7 nitrogen and oxygen atoms in total. The second-order valence-electron chi connectivity index (χ2n) is 3.47. The van der Waals surface area contributed by atoms with Crippen LogP contribution >= 0.6 is 0 Å². The molecule has 0 aliphatic heterocycles. The first-order valence-corrected chi connectivity index (χ1v) is 4.74. The largest absolute Gasteiger partial charge is 0.383 e. The Hall–Kier alpha value is -2.44.